The van der Waals surface area contributed by atoms with Crippen LogP contribution in [0.25, 0.3) is 0 Å². The monoisotopic (exact) mass is 196 g/mol. The summed E-state index contributed by atoms with van der Waals surface area (Å²) >= 11 is 0. The summed E-state index contributed by atoms with van der Waals surface area (Å²) in [5.41, 5.74) is 9.10. The van der Waals surface area contributed by atoms with Crippen molar-refractivity contribution in [2.24, 2.45) is 5.73 Å². The van der Waals surface area contributed by atoms with Crippen molar-refractivity contribution in [3.05, 3.63) is 17.0 Å². The van der Waals surface area contributed by atoms with Gasteiger partial charge in [-0.05, 0) is 39.3 Å². The van der Waals surface area contributed by atoms with Gasteiger partial charge < -0.3 is 11.1 Å². The first-order valence-corrected chi connectivity index (χ1v) is 5.09. The smallest absolute Gasteiger partial charge is 0.0626 e. The number of nitrogens with zero attached hydrogens (tertiary/aromatic N) is 1. The number of nitrogens with two attached hydrogens (primary N) is 1. The highest BCUT2D eigenvalue weighted by atomic mass is 15.1. The number of aromatic amines is 1. The van der Waals surface area contributed by atoms with Crippen LogP contribution in [-0.2, 0) is 6.42 Å². The van der Waals surface area contributed by atoms with Gasteiger partial charge in [0.15, 0.2) is 0 Å². The Hall–Kier alpha value is -0.870. The third-order valence-electron chi connectivity index (χ3n) is 2.50. The van der Waals surface area contributed by atoms with E-state index in [4.69, 9.17) is 5.73 Å². The number of H-pyrrole nitrogens is 1. The predicted molar refractivity (Wildman–Crippen MR) is 58.3 cm³/mol. The Balaban J connectivity index is 2.38. The zero-order valence-corrected chi connectivity index (χ0v) is 9.22. The van der Waals surface area contributed by atoms with Crippen LogP contribution in [0.5, 0.6) is 0 Å². The summed E-state index contributed by atoms with van der Waals surface area (Å²) in [6.07, 6.45) is 1.01. The molecular formula is C10H20N4. The van der Waals surface area contributed by atoms with Gasteiger partial charge in [-0.3, -0.25) is 5.10 Å². The Kier molecular flexibility index (Phi) is 4.10. The number of aryl methyl sites for hydroxylation is 2. The summed E-state index contributed by atoms with van der Waals surface area (Å²) in [5.74, 6) is 0. The fourth-order valence-electron chi connectivity index (χ4n) is 1.47. The first-order valence-electron chi connectivity index (χ1n) is 5.09. The van der Waals surface area contributed by atoms with Crippen molar-refractivity contribution >= 4 is 0 Å². The molecule has 0 aromatic carbocycles. The zero-order valence-electron chi connectivity index (χ0n) is 9.22. The van der Waals surface area contributed by atoms with E-state index in [1.807, 2.05) is 6.92 Å². The maximum Gasteiger partial charge on any atom is 0.0626 e. The summed E-state index contributed by atoms with van der Waals surface area (Å²) < 4.78 is 0. The van der Waals surface area contributed by atoms with Crippen LogP contribution in [-0.4, -0.2) is 29.3 Å². The number of aromatic nitrogens is 2. The molecule has 0 radical (unpaired) electrons. The minimum atomic E-state index is 0.391. The van der Waals surface area contributed by atoms with Gasteiger partial charge >= 0.3 is 0 Å². The molecule has 0 spiro atoms. The summed E-state index contributed by atoms with van der Waals surface area (Å²) in [6.45, 7) is 7.82. The van der Waals surface area contributed by atoms with Gasteiger partial charge in [0.05, 0.1) is 5.69 Å². The normalized spacial score (nSPS) is 13.1. The topological polar surface area (TPSA) is 66.7 Å². The third-order valence-corrected chi connectivity index (χ3v) is 2.50. The second kappa shape index (κ2) is 5.12. The van der Waals surface area contributed by atoms with Crippen molar-refractivity contribution in [3.63, 3.8) is 0 Å². The lowest BCUT2D eigenvalue weighted by Crippen LogP contribution is -2.34. The standard InChI is InChI=1S/C10H20N4/c1-7(6-11)12-5-4-10-8(2)13-14-9(10)3/h7,12H,4-6,11H2,1-3H3,(H,13,14)/t7-/m0/s1. The molecular weight excluding hydrogens is 176 g/mol. The molecule has 0 unspecified atom stereocenters. The van der Waals surface area contributed by atoms with Gasteiger partial charge in [0.25, 0.3) is 0 Å². The first kappa shape index (κ1) is 11.2. The van der Waals surface area contributed by atoms with E-state index in [9.17, 15) is 0 Å². The van der Waals surface area contributed by atoms with Gasteiger partial charge in [0.1, 0.15) is 0 Å². The number of hydrogen-bond donors (Lipinski definition) is 3. The quantitative estimate of drug-likeness (QED) is 0.642. The Morgan fingerprint density at radius 3 is 2.71 bits per heavy atom. The minimum Gasteiger partial charge on any atom is -0.329 e. The molecule has 0 bridgehead atoms. The van der Waals surface area contributed by atoms with E-state index in [-0.39, 0.29) is 0 Å². The average molecular weight is 196 g/mol. The second-order valence-electron chi connectivity index (χ2n) is 3.75. The summed E-state index contributed by atoms with van der Waals surface area (Å²) in [4.78, 5) is 0. The molecule has 0 fully saturated rings. The van der Waals surface area contributed by atoms with Crippen molar-refractivity contribution < 1.29 is 0 Å². The fourth-order valence-corrected chi connectivity index (χ4v) is 1.47. The lowest BCUT2D eigenvalue weighted by atomic mass is 10.1. The van der Waals surface area contributed by atoms with Crippen molar-refractivity contribution in [1.29, 1.82) is 0 Å². The van der Waals surface area contributed by atoms with Crippen LogP contribution in [0, 0.1) is 13.8 Å². The van der Waals surface area contributed by atoms with Gasteiger partial charge in [-0.1, -0.05) is 0 Å². The van der Waals surface area contributed by atoms with Gasteiger partial charge in [0, 0.05) is 18.3 Å². The maximum atomic E-state index is 5.51. The molecule has 80 valence electrons. The van der Waals surface area contributed by atoms with Crippen LogP contribution in [0.3, 0.4) is 0 Å². The maximum absolute atomic E-state index is 5.51. The molecule has 0 saturated heterocycles. The molecule has 0 aliphatic rings. The van der Waals surface area contributed by atoms with E-state index in [1.165, 1.54) is 11.3 Å². The molecule has 0 saturated carbocycles. The molecule has 14 heavy (non-hydrogen) atoms. The van der Waals surface area contributed by atoms with Crippen molar-refractivity contribution in [2.45, 2.75) is 33.2 Å². The van der Waals surface area contributed by atoms with E-state index in [2.05, 4.69) is 29.4 Å². The molecule has 0 aliphatic carbocycles. The third kappa shape index (κ3) is 2.82. The Bertz CT molecular complexity index is 260. The van der Waals surface area contributed by atoms with E-state index < -0.39 is 0 Å². The van der Waals surface area contributed by atoms with E-state index >= 15 is 0 Å². The van der Waals surface area contributed by atoms with E-state index in [0.717, 1.165) is 18.7 Å². The molecule has 0 aliphatic heterocycles. The SMILES string of the molecule is Cc1n[nH]c(C)c1CCN[C@@H](C)CN. The zero-order chi connectivity index (χ0) is 10.6. The summed E-state index contributed by atoms with van der Waals surface area (Å²) in [5, 5.41) is 10.5. The minimum absolute atomic E-state index is 0.391. The number of hydrogen-bond acceptors (Lipinski definition) is 3. The molecule has 4 heteroatoms. The molecule has 1 aromatic rings. The van der Waals surface area contributed by atoms with Crippen LogP contribution >= 0.6 is 0 Å². The van der Waals surface area contributed by atoms with Gasteiger partial charge in [-0.25, -0.2) is 0 Å². The van der Waals surface area contributed by atoms with Gasteiger partial charge in [-0.15, -0.1) is 0 Å². The van der Waals surface area contributed by atoms with E-state index in [1.54, 1.807) is 0 Å². The number of rotatable bonds is 5. The van der Waals surface area contributed by atoms with Crippen LogP contribution in [0.4, 0.5) is 0 Å². The largest absolute Gasteiger partial charge is 0.329 e. The molecule has 1 heterocycles. The van der Waals surface area contributed by atoms with Crippen LogP contribution < -0.4 is 11.1 Å². The highest BCUT2D eigenvalue weighted by Crippen LogP contribution is 2.08. The fraction of sp³-hybridized carbons (Fsp3) is 0.700. The van der Waals surface area contributed by atoms with Crippen molar-refractivity contribution in [2.75, 3.05) is 13.1 Å². The second-order valence-corrected chi connectivity index (χ2v) is 3.75. The summed E-state index contributed by atoms with van der Waals surface area (Å²) in [7, 11) is 0. The van der Waals surface area contributed by atoms with Gasteiger partial charge in [-0.2, -0.15) is 5.10 Å². The average Bonchev–Trinajstić information content (AvgIpc) is 2.48. The molecule has 1 rings (SSSR count). The molecule has 1 aromatic heterocycles. The Morgan fingerprint density at radius 2 is 2.21 bits per heavy atom. The van der Waals surface area contributed by atoms with Crippen LogP contribution in [0.15, 0.2) is 0 Å². The van der Waals surface area contributed by atoms with E-state index in [0.29, 0.717) is 12.6 Å². The predicted octanol–water partition coefficient (Wildman–Crippen LogP) is 0.506. The van der Waals surface area contributed by atoms with Crippen molar-refractivity contribution in [3.8, 4) is 0 Å². The van der Waals surface area contributed by atoms with Crippen LogP contribution in [0.1, 0.15) is 23.9 Å². The molecule has 4 nitrogen and oxygen atoms in total. The number of nitrogens with one attached hydrogen (secondary N) is 2. The summed E-state index contributed by atoms with van der Waals surface area (Å²) in [6, 6.07) is 0.391. The Labute approximate surface area is 85.3 Å². The molecule has 4 N–H and O–H groups in total. The lowest BCUT2D eigenvalue weighted by Gasteiger charge is -2.10. The Morgan fingerprint density at radius 1 is 1.50 bits per heavy atom. The van der Waals surface area contributed by atoms with Crippen LogP contribution in [0.2, 0.25) is 0 Å². The molecule has 1 atom stereocenters. The lowest BCUT2D eigenvalue weighted by molar-refractivity contribution is 0.558. The highest BCUT2D eigenvalue weighted by molar-refractivity contribution is 5.23. The first-order chi connectivity index (χ1) is 6.65. The highest BCUT2D eigenvalue weighted by Gasteiger charge is 2.05. The van der Waals surface area contributed by atoms with Gasteiger partial charge in [0.2, 0.25) is 0 Å². The molecule has 0 amide bonds. The van der Waals surface area contributed by atoms with Crippen molar-refractivity contribution in [1.82, 2.24) is 15.5 Å².